The molecular weight excluding hydrogens is 359 g/mol. The van der Waals surface area contributed by atoms with Gasteiger partial charge in [0.1, 0.15) is 5.82 Å². The summed E-state index contributed by atoms with van der Waals surface area (Å²) in [6.45, 7) is 1.28. The molecule has 28 heavy (non-hydrogen) atoms. The lowest BCUT2D eigenvalue weighted by Crippen LogP contribution is -2.31. The van der Waals surface area contributed by atoms with Crippen molar-refractivity contribution < 1.29 is 18.7 Å². The molecule has 0 saturated heterocycles. The quantitative estimate of drug-likeness (QED) is 0.676. The van der Waals surface area contributed by atoms with Crippen LogP contribution in [0.3, 0.4) is 0 Å². The minimum Gasteiger partial charge on any atom is -0.383 e. The molecular formula is C22H25FN2O3. The van der Waals surface area contributed by atoms with Gasteiger partial charge in [0.25, 0.3) is 0 Å². The summed E-state index contributed by atoms with van der Waals surface area (Å²) >= 11 is 0. The first-order valence-electron chi connectivity index (χ1n) is 9.47. The van der Waals surface area contributed by atoms with E-state index in [9.17, 15) is 14.0 Å². The van der Waals surface area contributed by atoms with E-state index < -0.39 is 0 Å². The van der Waals surface area contributed by atoms with E-state index >= 15 is 0 Å². The Morgan fingerprint density at radius 3 is 2.54 bits per heavy atom. The number of nitrogens with one attached hydrogen (secondary N) is 1. The maximum Gasteiger partial charge on any atom is 0.230 e. The number of rotatable bonds is 9. The van der Waals surface area contributed by atoms with E-state index in [1.165, 1.54) is 12.1 Å². The van der Waals surface area contributed by atoms with Crippen LogP contribution in [0.2, 0.25) is 0 Å². The molecule has 1 saturated carbocycles. The van der Waals surface area contributed by atoms with Crippen molar-refractivity contribution in [3.63, 3.8) is 0 Å². The molecule has 2 aromatic carbocycles. The Hall–Kier alpha value is -2.73. The van der Waals surface area contributed by atoms with Gasteiger partial charge < -0.3 is 15.0 Å². The lowest BCUT2D eigenvalue weighted by atomic mass is 10.1. The van der Waals surface area contributed by atoms with Crippen LogP contribution in [-0.2, 0) is 27.3 Å². The minimum atomic E-state index is -0.314. The predicted molar refractivity (Wildman–Crippen MR) is 105 cm³/mol. The zero-order valence-corrected chi connectivity index (χ0v) is 16.0. The number of carbonyl (C=O) groups is 2. The van der Waals surface area contributed by atoms with E-state index in [-0.39, 0.29) is 30.0 Å². The molecule has 1 N–H and O–H groups in total. The summed E-state index contributed by atoms with van der Waals surface area (Å²) < 4.78 is 18.4. The normalized spacial score (nSPS) is 13.2. The molecule has 0 atom stereocenters. The highest BCUT2D eigenvalue weighted by Gasteiger charge is 2.34. The molecule has 1 fully saturated rings. The van der Waals surface area contributed by atoms with E-state index in [0.717, 1.165) is 29.7 Å². The van der Waals surface area contributed by atoms with Crippen LogP contribution in [0, 0.1) is 11.7 Å². The molecule has 0 radical (unpaired) electrons. The van der Waals surface area contributed by atoms with Gasteiger partial charge in [-0.15, -0.1) is 0 Å². The summed E-state index contributed by atoms with van der Waals surface area (Å²) in [5.41, 5.74) is 2.36. The fourth-order valence-corrected chi connectivity index (χ4v) is 3.00. The molecule has 0 unspecified atom stereocenters. The standard InChI is InChI=1S/C22H25FN2O3/c1-28-12-11-24-21(26)14-16-5-9-20(10-6-16)25(22(27)18-7-8-18)15-17-3-2-4-19(23)13-17/h2-6,9-10,13,18H,7-8,11-12,14-15H2,1H3,(H,24,26). The fraction of sp³-hybridized carbons (Fsp3) is 0.364. The van der Waals surface area contributed by atoms with Gasteiger partial charge in [0, 0.05) is 25.3 Å². The predicted octanol–water partition coefficient (Wildman–Crippen LogP) is 3.07. The van der Waals surface area contributed by atoms with E-state index in [2.05, 4.69) is 5.32 Å². The topological polar surface area (TPSA) is 58.6 Å². The van der Waals surface area contributed by atoms with E-state index in [0.29, 0.717) is 19.7 Å². The molecule has 2 aromatic rings. The van der Waals surface area contributed by atoms with Gasteiger partial charge >= 0.3 is 0 Å². The number of anilines is 1. The van der Waals surface area contributed by atoms with Crippen molar-refractivity contribution in [2.24, 2.45) is 5.92 Å². The van der Waals surface area contributed by atoms with Gasteiger partial charge in [-0.2, -0.15) is 0 Å². The lowest BCUT2D eigenvalue weighted by molar-refractivity contribution is -0.121. The van der Waals surface area contributed by atoms with Crippen molar-refractivity contribution in [2.45, 2.75) is 25.8 Å². The van der Waals surface area contributed by atoms with Crippen LogP contribution in [0.15, 0.2) is 48.5 Å². The first-order valence-corrected chi connectivity index (χ1v) is 9.47. The number of hydrogen-bond acceptors (Lipinski definition) is 3. The number of nitrogens with zero attached hydrogens (tertiary/aromatic N) is 1. The molecule has 1 aliphatic carbocycles. The maximum absolute atomic E-state index is 13.5. The summed E-state index contributed by atoms with van der Waals surface area (Å²) in [4.78, 5) is 26.4. The van der Waals surface area contributed by atoms with Crippen LogP contribution in [0.4, 0.5) is 10.1 Å². The van der Waals surface area contributed by atoms with Crippen molar-refractivity contribution in [1.82, 2.24) is 5.32 Å². The zero-order valence-electron chi connectivity index (χ0n) is 16.0. The Bertz CT molecular complexity index is 819. The number of benzene rings is 2. The second kappa shape index (κ2) is 9.46. The number of ether oxygens (including phenoxy) is 1. The Balaban J connectivity index is 1.69. The van der Waals surface area contributed by atoms with Crippen molar-refractivity contribution in [3.8, 4) is 0 Å². The highest BCUT2D eigenvalue weighted by atomic mass is 19.1. The summed E-state index contributed by atoms with van der Waals surface area (Å²) in [5, 5.41) is 2.78. The van der Waals surface area contributed by atoms with Crippen LogP contribution in [-0.4, -0.2) is 32.1 Å². The van der Waals surface area contributed by atoms with Crippen molar-refractivity contribution in [2.75, 3.05) is 25.2 Å². The molecule has 0 heterocycles. The lowest BCUT2D eigenvalue weighted by Gasteiger charge is -2.23. The molecule has 2 amide bonds. The molecule has 0 aromatic heterocycles. The summed E-state index contributed by atoms with van der Waals surface area (Å²) in [6.07, 6.45) is 2.07. The van der Waals surface area contributed by atoms with Gasteiger partial charge in [-0.1, -0.05) is 24.3 Å². The smallest absolute Gasteiger partial charge is 0.230 e. The third-order valence-corrected chi connectivity index (χ3v) is 4.66. The van der Waals surface area contributed by atoms with E-state index in [1.807, 2.05) is 30.3 Å². The summed E-state index contributed by atoms with van der Waals surface area (Å²) in [7, 11) is 1.59. The zero-order chi connectivity index (χ0) is 19.9. The molecule has 1 aliphatic rings. The van der Waals surface area contributed by atoms with Gasteiger partial charge in [-0.25, -0.2) is 4.39 Å². The van der Waals surface area contributed by atoms with Gasteiger partial charge in [-0.05, 0) is 48.2 Å². The van der Waals surface area contributed by atoms with Crippen LogP contribution < -0.4 is 10.2 Å². The summed E-state index contributed by atoms with van der Waals surface area (Å²) in [5.74, 6) is -0.268. The highest BCUT2D eigenvalue weighted by Crippen LogP contribution is 2.33. The van der Waals surface area contributed by atoms with Crippen LogP contribution in [0.25, 0.3) is 0 Å². The largest absolute Gasteiger partial charge is 0.383 e. The van der Waals surface area contributed by atoms with Gasteiger partial charge in [-0.3, -0.25) is 9.59 Å². The van der Waals surface area contributed by atoms with Crippen LogP contribution >= 0.6 is 0 Å². The molecule has 0 aliphatic heterocycles. The first-order chi connectivity index (χ1) is 13.6. The van der Waals surface area contributed by atoms with Crippen LogP contribution in [0.1, 0.15) is 24.0 Å². The molecule has 148 valence electrons. The van der Waals surface area contributed by atoms with E-state index in [4.69, 9.17) is 4.74 Å². The molecule has 0 spiro atoms. The third kappa shape index (κ3) is 5.63. The second-order valence-corrected chi connectivity index (χ2v) is 7.01. The molecule has 6 heteroatoms. The number of hydrogen-bond donors (Lipinski definition) is 1. The fourth-order valence-electron chi connectivity index (χ4n) is 3.00. The van der Waals surface area contributed by atoms with Crippen molar-refractivity contribution in [1.29, 1.82) is 0 Å². The second-order valence-electron chi connectivity index (χ2n) is 7.01. The van der Waals surface area contributed by atoms with Crippen LogP contribution in [0.5, 0.6) is 0 Å². The van der Waals surface area contributed by atoms with E-state index in [1.54, 1.807) is 18.1 Å². The number of carbonyl (C=O) groups excluding carboxylic acids is 2. The highest BCUT2D eigenvalue weighted by molar-refractivity contribution is 5.96. The van der Waals surface area contributed by atoms with Gasteiger partial charge in [0.2, 0.25) is 11.8 Å². The Labute approximate surface area is 164 Å². The average Bonchev–Trinajstić information content (AvgIpc) is 3.52. The van der Waals surface area contributed by atoms with Crippen molar-refractivity contribution >= 4 is 17.5 Å². The Morgan fingerprint density at radius 1 is 1.14 bits per heavy atom. The SMILES string of the molecule is COCCNC(=O)Cc1ccc(N(Cc2cccc(F)c2)C(=O)C2CC2)cc1. The average molecular weight is 384 g/mol. The molecule has 0 bridgehead atoms. The molecule has 3 rings (SSSR count). The Kier molecular flexibility index (Phi) is 6.76. The maximum atomic E-state index is 13.5. The van der Waals surface area contributed by atoms with Gasteiger partial charge in [0.05, 0.1) is 19.6 Å². The summed E-state index contributed by atoms with van der Waals surface area (Å²) in [6, 6.07) is 13.7. The number of methoxy groups -OCH3 is 1. The number of halogens is 1. The monoisotopic (exact) mass is 384 g/mol. The van der Waals surface area contributed by atoms with Crippen molar-refractivity contribution in [3.05, 3.63) is 65.5 Å². The first kappa shape index (κ1) is 20.0. The minimum absolute atomic E-state index is 0.0554. The third-order valence-electron chi connectivity index (χ3n) is 4.66. The van der Waals surface area contributed by atoms with Gasteiger partial charge in [0.15, 0.2) is 0 Å². The Morgan fingerprint density at radius 2 is 1.89 bits per heavy atom. The number of amides is 2. The molecule has 5 nitrogen and oxygen atoms in total.